The number of Topliss-reactive ketones (excluding diaryl/α,β-unsaturated/α-hetero) is 1. The molecule has 3 heterocycles. The lowest BCUT2D eigenvalue weighted by atomic mass is 9.97. The van der Waals surface area contributed by atoms with E-state index in [1.54, 1.807) is 18.1 Å². The average Bonchev–Trinajstić information content (AvgIpc) is 3.03. The zero-order valence-electron chi connectivity index (χ0n) is 17.5. The van der Waals surface area contributed by atoms with Gasteiger partial charge in [-0.25, -0.2) is 4.98 Å². The van der Waals surface area contributed by atoms with Crippen LogP contribution in [0.1, 0.15) is 55.1 Å². The molecular formula is C24H25N3O3. The summed E-state index contributed by atoms with van der Waals surface area (Å²) in [4.78, 5) is 36.6. The first-order valence-electron chi connectivity index (χ1n) is 10.2. The number of pyridine rings is 2. The van der Waals surface area contributed by atoms with Crippen LogP contribution in [-0.4, -0.2) is 28.8 Å². The molecule has 4 rings (SSSR count). The summed E-state index contributed by atoms with van der Waals surface area (Å²) in [6, 6.07) is 14.5. The van der Waals surface area contributed by atoms with E-state index in [0.29, 0.717) is 35.2 Å². The van der Waals surface area contributed by atoms with E-state index in [-0.39, 0.29) is 24.2 Å². The van der Waals surface area contributed by atoms with Crippen LogP contribution in [0.4, 0.5) is 5.82 Å². The third-order valence-corrected chi connectivity index (χ3v) is 5.47. The maximum atomic E-state index is 13.2. The molecule has 0 saturated carbocycles. The number of hydrogen-bond donors (Lipinski definition) is 0. The van der Waals surface area contributed by atoms with Gasteiger partial charge >= 0.3 is 0 Å². The van der Waals surface area contributed by atoms with Crippen LogP contribution < -0.4 is 9.64 Å². The van der Waals surface area contributed by atoms with Crippen molar-refractivity contribution < 1.29 is 14.3 Å². The normalized spacial score (nSPS) is 15.7. The molecule has 0 fully saturated rings. The van der Waals surface area contributed by atoms with Gasteiger partial charge in [0.15, 0.2) is 5.65 Å². The van der Waals surface area contributed by atoms with Crippen LogP contribution in [0.5, 0.6) is 5.88 Å². The van der Waals surface area contributed by atoms with Gasteiger partial charge in [0, 0.05) is 29.9 Å². The molecule has 0 radical (unpaired) electrons. The van der Waals surface area contributed by atoms with E-state index in [2.05, 4.69) is 23.8 Å². The van der Waals surface area contributed by atoms with Gasteiger partial charge in [-0.3, -0.25) is 14.5 Å². The largest absolute Gasteiger partial charge is 0.481 e. The Hall–Kier alpha value is -3.28. The SMILES string of the molecule is COc1ccc2ccc(N3C(=O)c4ccccc4C3CC(=O)CCC(C)C)nc2n1. The van der Waals surface area contributed by atoms with Gasteiger partial charge in [0.05, 0.1) is 13.2 Å². The highest BCUT2D eigenvalue weighted by Gasteiger charge is 2.39. The van der Waals surface area contributed by atoms with E-state index in [4.69, 9.17) is 4.74 Å². The number of anilines is 1. The second kappa shape index (κ2) is 8.22. The molecule has 1 aliphatic rings. The van der Waals surface area contributed by atoms with Crippen LogP contribution in [0.2, 0.25) is 0 Å². The van der Waals surface area contributed by atoms with Gasteiger partial charge in [0.25, 0.3) is 5.91 Å². The summed E-state index contributed by atoms with van der Waals surface area (Å²) in [5.41, 5.74) is 2.00. The number of hydrogen-bond acceptors (Lipinski definition) is 5. The van der Waals surface area contributed by atoms with Crippen molar-refractivity contribution in [3.63, 3.8) is 0 Å². The Labute approximate surface area is 175 Å². The number of fused-ring (bicyclic) bond motifs is 2. The zero-order valence-corrected chi connectivity index (χ0v) is 17.5. The molecule has 3 aromatic rings. The molecule has 0 N–H and O–H groups in total. The lowest BCUT2D eigenvalue weighted by molar-refractivity contribution is -0.119. The first kappa shape index (κ1) is 20.0. The van der Waals surface area contributed by atoms with Crippen molar-refractivity contribution in [1.29, 1.82) is 0 Å². The molecule has 2 aromatic heterocycles. The van der Waals surface area contributed by atoms with Crippen molar-refractivity contribution in [3.8, 4) is 5.88 Å². The molecule has 1 atom stereocenters. The fraction of sp³-hybridized carbons (Fsp3) is 0.333. The second-order valence-corrected chi connectivity index (χ2v) is 8.02. The summed E-state index contributed by atoms with van der Waals surface area (Å²) in [6.45, 7) is 4.21. The fourth-order valence-corrected chi connectivity index (χ4v) is 3.84. The van der Waals surface area contributed by atoms with Crippen LogP contribution in [0.25, 0.3) is 11.0 Å². The molecule has 30 heavy (non-hydrogen) atoms. The standard InChI is InChI=1S/C24H25N3O3/c1-15(2)8-11-17(28)14-20-18-6-4-5-7-19(18)24(29)27(20)21-12-9-16-10-13-22(30-3)26-23(16)25-21/h4-7,9-10,12-13,15,20H,8,11,14H2,1-3H3. The summed E-state index contributed by atoms with van der Waals surface area (Å²) in [6.07, 6.45) is 1.64. The maximum absolute atomic E-state index is 13.2. The number of carbonyl (C=O) groups is 2. The molecule has 0 bridgehead atoms. The maximum Gasteiger partial charge on any atom is 0.260 e. The molecule has 0 saturated heterocycles. The van der Waals surface area contributed by atoms with Crippen LogP contribution in [0, 0.1) is 5.92 Å². The van der Waals surface area contributed by atoms with Gasteiger partial charge in [-0.05, 0) is 42.2 Å². The van der Waals surface area contributed by atoms with Crippen LogP contribution in [0.15, 0.2) is 48.5 Å². The molecule has 6 heteroatoms. The van der Waals surface area contributed by atoms with E-state index in [9.17, 15) is 9.59 Å². The molecule has 0 spiro atoms. The minimum atomic E-state index is -0.357. The van der Waals surface area contributed by atoms with E-state index in [1.807, 2.05) is 42.5 Å². The summed E-state index contributed by atoms with van der Waals surface area (Å²) in [5.74, 6) is 1.44. The number of aromatic nitrogens is 2. The summed E-state index contributed by atoms with van der Waals surface area (Å²) < 4.78 is 5.20. The molecule has 1 amide bonds. The summed E-state index contributed by atoms with van der Waals surface area (Å²) in [7, 11) is 1.55. The van der Waals surface area contributed by atoms with Gasteiger partial charge in [0.1, 0.15) is 11.6 Å². The predicted molar refractivity (Wildman–Crippen MR) is 116 cm³/mol. The topological polar surface area (TPSA) is 72.4 Å². The number of ketones is 1. The zero-order chi connectivity index (χ0) is 21.3. The van der Waals surface area contributed by atoms with Gasteiger partial charge in [-0.2, -0.15) is 4.98 Å². The lowest BCUT2D eigenvalue weighted by Crippen LogP contribution is -2.30. The van der Waals surface area contributed by atoms with Gasteiger partial charge < -0.3 is 4.74 Å². The minimum Gasteiger partial charge on any atom is -0.481 e. The number of methoxy groups -OCH3 is 1. The van der Waals surface area contributed by atoms with Gasteiger partial charge in [0.2, 0.25) is 5.88 Å². The fourth-order valence-electron chi connectivity index (χ4n) is 3.84. The smallest absolute Gasteiger partial charge is 0.260 e. The third-order valence-electron chi connectivity index (χ3n) is 5.47. The first-order valence-corrected chi connectivity index (χ1v) is 10.2. The average molecular weight is 403 g/mol. The molecule has 154 valence electrons. The quantitative estimate of drug-likeness (QED) is 0.570. The van der Waals surface area contributed by atoms with Crippen LogP contribution >= 0.6 is 0 Å². The number of carbonyl (C=O) groups excluding carboxylic acids is 2. The monoisotopic (exact) mass is 403 g/mol. The van der Waals surface area contributed by atoms with Crippen molar-refractivity contribution in [2.45, 2.75) is 39.2 Å². The number of ether oxygens (including phenoxy) is 1. The number of rotatable bonds is 7. The molecule has 1 aliphatic heterocycles. The minimum absolute atomic E-state index is 0.137. The highest BCUT2D eigenvalue weighted by Crippen LogP contribution is 2.39. The van der Waals surface area contributed by atoms with Crippen LogP contribution in [-0.2, 0) is 4.79 Å². The Bertz CT molecular complexity index is 1110. The molecule has 1 unspecified atom stereocenters. The molecule has 0 aliphatic carbocycles. The number of benzene rings is 1. The highest BCUT2D eigenvalue weighted by molar-refractivity contribution is 6.11. The Morgan fingerprint density at radius 3 is 2.63 bits per heavy atom. The van der Waals surface area contributed by atoms with Gasteiger partial charge in [-0.1, -0.05) is 32.0 Å². The number of amides is 1. The van der Waals surface area contributed by atoms with E-state index < -0.39 is 0 Å². The van der Waals surface area contributed by atoms with Crippen molar-refractivity contribution in [1.82, 2.24) is 9.97 Å². The summed E-state index contributed by atoms with van der Waals surface area (Å²) in [5, 5.41) is 0.855. The molecule has 6 nitrogen and oxygen atoms in total. The third kappa shape index (κ3) is 3.77. The Kier molecular flexibility index (Phi) is 5.48. The summed E-state index contributed by atoms with van der Waals surface area (Å²) >= 11 is 0. The first-order chi connectivity index (χ1) is 14.5. The lowest BCUT2D eigenvalue weighted by Gasteiger charge is -2.24. The highest BCUT2D eigenvalue weighted by atomic mass is 16.5. The Morgan fingerprint density at radius 2 is 1.87 bits per heavy atom. The molecular weight excluding hydrogens is 378 g/mol. The Morgan fingerprint density at radius 1 is 1.10 bits per heavy atom. The van der Waals surface area contributed by atoms with Crippen LogP contribution in [0.3, 0.4) is 0 Å². The van der Waals surface area contributed by atoms with E-state index in [0.717, 1.165) is 17.4 Å². The van der Waals surface area contributed by atoms with E-state index in [1.165, 1.54) is 0 Å². The second-order valence-electron chi connectivity index (χ2n) is 8.02. The number of nitrogens with zero attached hydrogens (tertiary/aromatic N) is 3. The Balaban J connectivity index is 1.72. The molecule has 1 aromatic carbocycles. The van der Waals surface area contributed by atoms with Crippen molar-refractivity contribution in [2.24, 2.45) is 5.92 Å². The van der Waals surface area contributed by atoms with Crippen molar-refractivity contribution in [3.05, 3.63) is 59.7 Å². The van der Waals surface area contributed by atoms with Gasteiger partial charge in [-0.15, -0.1) is 0 Å². The predicted octanol–water partition coefficient (Wildman–Crippen LogP) is 4.74. The van der Waals surface area contributed by atoms with E-state index >= 15 is 0 Å². The van der Waals surface area contributed by atoms with Crippen molar-refractivity contribution in [2.75, 3.05) is 12.0 Å². The van der Waals surface area contributed by atoms with Crippen molar-refractivity contribution >= 4 is 28.5 Å².